The molecule has 1 aromatic rings. The number of nitrogens with two attached hydrogens (primary N) is 1. The van der Waals surface area contributed by atoms with Gasteiger partial charge in [0.2, 0.25) is 0 Å². The molecule has 0 spiro atoms. The minimum atomic E-state index is -1.23. The lowest BCUT2D eigenvalue weighted by Gasteiger charge is -2.21. The molecule has 1 rings (SSSR count). The Balaban J connectivity index is 3.09. The number of carbonyl (C=O) groups excluding carboxylic acids is 1. The topological polar surface area (TPSA) is 72.5 Å². The van der Waals surface area contributed by atoms with Crippen molar-refractivity contribution in [3.8, 4) is 5.75 Å². The van der Waals surface area contributed by atoms with Crippen LogP contribution in [0.2, 0.25) is 0 Å². The van der Waals surface area contributed by atoms with E-state index in [-0.39, 0.29) is 5.75 Å². The van der Waals surface area contributed by atoms with Gasteiger partial charge in [0.15, 0.2) is 0 Å². The summed E-state index contributed by atoms with van der Waals surface area (Å²) in [7, 11) is 1.27. The van der Waals surface area contributed by atoms with Gasteiger partial charge in [-0.15, -0.1) is 0 Å². The smallest absolute Gasteiger partial charge is 0.330 e. The average Bonchev–Trinajstić information content (AvgIpc) is 2.16. The summed E-state index contributed by atoms with van der Waals surface area (Å²) in [5.41, 5.74) is 5.06. The molecule has 0 aromatic heterocycles. The Morgan fingerprint density at radius 3 is 2.71 bits per heavy atom. The summed E-state index contributed by atoms with van der Waals surface area (Å²) in [6, 6.07) is 6.24. The molecule has 0 amide bonds. The van der Waals surface area contributed by atoms with Gasteiger partial charge in [0.25, 0.3) is 0 Å². The van der Waals surface area contributed by atoms with Crippen LogP contribution in [0.25, 0.3) is 0 Å². The molecule has 0 saturated heterocycles. The van der Waals surface area contributed by atoms with E-state index in [4.69, 9.17) is 5.73 Å². The third kappa shape index (κ3) is 1.85. The van der Waals surface area contributed by atoms with Crippen LogP contribution in [0.5, 0.6) is 5.75 Å². The van der Waals surface area contributed by atoms with Crippen molar-refractivity contribution in [2.45, 2.75) is 12.5 Å². The number of carbonyl (C=O) groups is 1. The number of rotatable bonds is 2. The Kier molecular flexibility index (Phi) is 2.76. The van der Waals surface area contributed by atoms with Crippen LogP contribution >= 0.6 is 0 Å². The van der Waals surface area contributed by atoms with Gasteiger partial charge in [0, 0.05) is 0 Å². The maximum atomic E-state index is 11.3. The second-order valence-electron chi connectivity index (χ2n) is 3.24. The summed E-state index contributed by atoms with van der Waals surface area (Å²) >= 11 is 0. The Morgan fingerprint density at radius 2 is 2.21 bits per heavy atom. The van der Waals surface area contributed by atoms with E-state index >= 15 is 0 Å². The monoisotopic (exact) mass is 195 g/mol. The first-order chi connectivity index (χ1) is 6.48. The minimum Gasteiger partial charge on any atom is -0.508 e. The van der Waals surface area contributed by atoms with E-state index in [0.29, 0.717) is 5.56 Å². The van der Waals surface area contributed by atoms with E-state index in [2.05, 4.69) is 4.74 Å². The summed E-state index contributed by atoms with van der Waals surface area (Å²) in [5.74, 6) is -0.467. The number of aromatic hydroxyl groups is 1. The quantitative estimate of drug-likeness (QED) is 0.683. The molecule has 1 aromatic carbocycles. The van der Waals surface area contributed by atoms with Crippen molar-refractivity contribution in [2.75, 3.05) is 7.11 Å². The first-order valence-electron chi connectivity index (χ1n) is 4.15. The number of hydrogen-bond acceptors (Lipinski definition) is 4. The highest BCUT2D eigenvalue weighted by molar-refractivity contribution is 5.81. The van der Waals surface area contributed by atoms with Gasteiger partial charge in [-0.1, -0.05) is 12.1 Å². The van der Waals surface area contributed by atoms with E-state index in [1.165, 1.54) is 26.2 Å². The summed E-state index contributed by atoms with van der Waals surface area (Å²) in [4.78, 5) is 11.3. The fourth-order valence-corrected chi connectivity index (χ4v) is 1.16. The van der Waals surface area contributed by atoms with E-state index in [1.807, 2.05) is 0 Å². The van der Waals surface area contributed by atoms with Crippen molar-refractivity contribution in [1.82, 2.24) is 0 Å². The lowest BCUT2D eigenvalue weighted by Crippen LogP contribution is -2.42. The molecule has 0 aliphatic carbocycles. The Bertz CT molecular complexity index is 347. The predicted molar refractivity (Wildman–Crippen MR) is 51.7 cm³/mol. The summed E-state index contributed by atoms with van der Waals surface area (Å²) in [5, 5.41) is 9.22. The summed E-state index contributed by atoms with van der Waals surface area (Å²) in [6.07, 6.45) is 0. The molecule has 0 radical (unpaired) electrons. The van der Waals surface area contributed by atoms with E-state index in [0.717, 1.165) is 0 Å². The van der Waals surface area contributed by atoms with Gasteiger partial charge in [-0.3, -0.25) is 0 Å². The fourth-order valence-electron chi connectivity index (χ4n) is 1.16. The SMILES string of the molecule is COC(=O)C(C)(N)c1cccc(O)c1. The number of methoxy groups -OCH3 is 1. The zero-order valence-corrected chi connectivity index (χ0v) is 8.15. The van der Waals surface area contributed by atoms with Crippen LogP contribution in [0.4, 0.5) is 0 Å². The number of benzene rings is 1. The second-order valence-corrected chi connectivity index (χ2v) is 3.24. The van der Waals surface area contributed by atoms with Crippen LogP contribution in [0.3, 0.4) is 0 Å². The maximum absolute atomic E-state index is 11.3. The summed E-state index contributed by atoms with van der Waals surface area (Å²) in [6.45, 7) is 1.54. The molecule has 0 bridgehead atoms. The number of phenols is 1. The van der Waals surface area contributed by atoms with Gasteiger partial charge in [0.05, 0.1) is 7.11 Å². The van der Waals surface area contributed by atoms with Crippen molar-refractivity contribution in [1.29, 1.82) is 0 Å². The molecule has 1 unspecified atom stereocenters. The zero-order valence-electron chi connectivity index (χ0n) is 8.15. The van der Waals surface area contributed by atoms with Gasteiger partial charge < -0.3 is 15.6 Å². The van der Waals surface area contributed by atoms with E-state index < -0.39 is 11.5 Å². The van der Waals surface area contributed by atoms with Crippen LogP contribution in [0.15, 0.2) is 24.3 Å². The molecule has 4 heteroatoms. The van der Waals surface area contributed by atoms with Crippen molar-refractivity contribution < 1.29 is 14.6 Å². The summed E-state index contributed by atoms with van der Waals surface area (Å²) < 4.78 is 4.56. The molecular weight excluding hydrogens is 182 g/mol. The molecule has 0 aliphatic heterocycles. The Hall–Kier alpha value is -1.55. The molecule has 3 N–H and O–H groups in total. The first-order valence-corrected chi connectivity index (χ1v) is 4.15. The Morgan fingerprint density at radius 1 is 1.57 bits per heavy atom. The van der Waals surface area contributed by atoms with Gasteiger partial charge in [-0.25, -0.2) is 4.79 Å². The normalized spacial score (nSPS) is 14.5. The Labute approximate surface area is 82.3 Å². The second kappa shape index (κ2) is 3.67. The molecule has 1 atom stereocenters. The van der Waals surface area contributed by atoms with Gasteiger partial charge in [-0.2, -0.15) is 0 Å². The predicted octanol–water partition coefficient (Wildman–Crippen LogP) is 0.739. The lowest BCUT2D eigenvalue weighted by molar-refractivity contribution is -0.146. The third-order valence-corrected chi connectivity index (χ3v) is 2.06. The third-order valence-electron chi connectivity index (χ3n) is 2.06. The first kappa shape index (κ1) is 10.5. The highest BCUT2D eigenvalue weighted by atomic mass is 16.5. The standard InChI is InChI=1S/C10H13NO3/c1-10(11,9(13)14-2)7-4-3-5-8(12)6-7/h3-6,12H,11H2,1-2H3. The van der Waals surface area contributed by atoms with Gasteiger partial charge in [0.1, 0.15) is 11.3 Å². The molecule has 4 nitrogen and oxygen atoms in total. The molecule has 76 valence electrons. The maximum Gasteiger partial charge on any atom is 0.330 e. The highest BCUT2D eigenvalue weighted by Crippen LogP contribution is 2.22. The lowest BCUT2D eigenvalue weighted by atomic mass is 9.93. The molecule has 0 heterocycles. The molecule has 14 heavy (non-hydrogen) atoms. The van der Waals surface area contributed by atoms with Crippen LogP contribution in [-0.4, -0.2) is 18.2 Å². The molecule has 0 fully saturated rings. The number of hydrogen-bond donors (Lipinski definition) is 2. The zero-order chi connectivity index (χ0) is 10.8. The average molecular weight is 195 g/mol. The fraction of sp³-hybridized carbons (Fsp3) is 0.300. The van der Waals surface area contributed by atoms with Crippen LogP contribution in [-0.2, 0) is 15.1 Å². The van der Waals surface area contributed by atoms with Crippen molar-refractivity contribution in [2.24, 2.45) is 5.73 Å². The van der Waals surface area contributed by atoms with Gasteiger partial charge >= 0.3 is 5.97 Å². The number of esters is 1. The van der Waals surface area contributed by atoms with E-state index in [1.54, 1.807) is 12.1 Å². The van der Waals surface area contributed by atoms with Crippen molar-refractivity contribution in [3.05, 3.63) is 29.8 Å². The minimum absolute atomic E-state index is 0.0723. The largest absolute Gasteiger partial charge is 0.508 e. The van der Waals surface area contributed by atoms with Crippen LogP contribution in [0.1, 0.15) is 12.5 Å². The van der Waals surface area contributed by atoms with Crippen LogP contribution in [0, 0.1) is 0 Å². The molecule has 0 aliphatic rings. The van der Waals surface area contributed by atoms with Crippen molar-refractivity contribution in [3.63, 3.8) is 0 Å². The van der Waals surface area contributed by atoms with Crippen LogP contribution < -0.4 is 5.73 Å². The molecular formula is C10H13NO3. The molecule has 0 saturated carbocycles. The number of ether oxygens (including phenoxy) is 1. The highest BCUT2D eigenvalue weighted by Gasteiger charge is 2.31. The van der Waals surface area contributed by atoms with E-state index in [9.17, 15) is 9.90 Å². The van der Waals surface area contributed by atoms with Gasteiger partial charge in [-0.05, 0) is 24.6 Å². The number of phenolic OH excluding ortho intramolecular Hbond substituents is 1. The van der Waals surface area contributed by atoms with Crippen molar-refractivity contribution >= 4 is 5.97 Å².